The summed E-state index contributed by atoms with van der Waals surface area (Å²) in [6.45, 7) is 5.75. The molecular weight excluding hydrogens is 444 g/mol. The molecule has 0 radical (unpaired) electrons. The Morgan fingerprint density at radius 2 is 1.97 bits per heavy atom. The molecule has 0 unspecified atom stereocenters. The number of rotatable bonds is 7. The SMILES string of the molecule is COc1cnc(CN2CCN(C(=O)/C=C/c3ccc(Cl)cc3Cn3nnc(C)n3)CC2)cn1. The molecule has 3 heterocycles. The zero-order valence-electron chi connectivity index (χ0n) is 18.6. The molecule has 172 valence electrons. The first-order chi connectivity index (χ1) is 16.0. The van der Waals surface area contributed by atoms with Gasteiger partial charge in [-0.2, -0.15) is 4.80 Å². The highest BCUT2D eigenvalue weighted by molar-refractivity contribution is 6.30. The maximum Gasteiger partial charge on any atom is 0.246 e. The van der Waals surface area contributed by atoms with Crippen molar-refractivity contribution < 1.29 is 9.53 Å². The first-order valence-electron chi connectivity index (χ1n) is 10.6. The highest BCUT2D eigenvalue weighted by atomic mass is 35.5. The smallest absolute Gasteiger partial charge is 0.246 e. The van der Waals surface area contributed by atoms with Gasteiger partial charge in [0.05, 0.1) is 31.7 Å². The molecule has 1 aliphatic rings. The number of benzene rings is 1. The van der Waals surface area contributed by atoms with Crippen LogP contribution in [0, 0.1) is 6.92 Å². The van der Waals surface area contributed by atoms with Crippen LogP contribution in [0.15, 0.2) is 36.7 Å². The number of methoxy groups -OCH3 is 1. The second-order valence-corrected chi connectivity index (χ2v) is 8.13. The van der Waals surface area contributed by atoms with E-state index in [0.29, 0.717) is 42.9 Å². The predicted molar refractivity (Wildman–Crippen MR) is 123 cm³/mol. The van der Waals surface area contributed by atoms with E-state index >= 15 is 0 Å². The van der Waals surface area contributed by atoms with Gasteiger partial charge in [0.1, 0.15) is 0 Å². The highest BCUT2D eigenvalue weighted by Crippen LogP contribution is 2.19. The lowest BCUT2D eigenvalue weighted by molar-refractivity contribution is -0.127. The average Bonchev–Trinajstić information content (AvgIpc) is 3.24. The van der Waals surface area contributed by atoms with Crippen molar-refractivity contribution in [1.29, 1.82) is 0 Å². The standard InChI is InChI=1S/C22H25ClN8O2/c1-16-26-28-31(27-16)14-18-11-19(23)5-3-17(18)4-6-22(32)30-9-7-29(8-10-30)15-20-12-25-21(33-2)13-24-20/h3-6,11-13H,7-10,14-15H2,1-2H3/b6-4+. The van der Waals surface area contributed by atoms with Gasteiger partial charge in [-0.25, -0.2) is 4.98 Å². The maximum atomic E-state index is 12.8. The molecule has 1 aliphatic heterocycles. The Labute approximate surface area is 196 Å². The van der Waals surface area contributed by atoms with E-state index in [2.05, 4.69) is 30.3 Å². The van der Waals surface area contributed by atoms with Crippen molar-refractivity contribution >= 4 is 23.6 Å². The number of carbonyl (C=O) groups is 1. The van der Waals surface area contributed by atoms with E-state index in [0.717, 1.165) is 29.9 Å². The van der Waals surface area contributed by atoms with Gasteiger partial charge in [-0.05, 0) is 41.5 Å². The van der Waals surface area contributed by atoms with E-state index in [9.17, 15) is 4.79 Å². The third kappa shape index (κ3) is 6.11. The minimum atomic E-state index is -0.0190. The van der Waals surface area contributed by atoms with Crippen LogP contribution < -0.4 is 4.74 Å². The molecule has 1 saturated heterocycles. The van der Waals surface area contributed by atoms with Crippen LogP contribution in [0.5, 0.6) is 5.88 Å². The van der Waals surface area contributed by atoms with Crippen molar-refractivity contribution in [2.24, 2.45) is 0 Å². The Balaban J connectivity index is 1.33. The largest absolute Gasteiger partial charge is 0.480 e. The van der Waals surface area contributed by atoms with Crippen molar-refractivity contribution in [2.75, 3.05) is 33.3 Å². The molecule has 10 nitrogen and oxygen atoms in total. The number of tetrazole rings is 1. The number of carbonyl (C=O) groups excluding carboxylic acids is 1. The zero-order valence-corrected chi connectivity index (χ0v) is 19.3. The van der Waals surface area contributed by atoms with E-state index in [-0.39, 0.29) is 5.91 Å². The number of aromatic nitrogens is 6. The van der Waals surface area contributed by atoms with Crippen molar-refractivity contribution in [3.63, 3.8) is 0 Å². The van der Waals surface area contributed by atoms with Crippen LogP contribution in [0.1, 0.15) is 22.6 Å². The van der Waals surface area contributed by atoms with E-state index in [1.54, 1.807) is 38.6 Å². The van der Waals surface area contributed by atoms with Crippen molar-refractivity contribution in [3.8, 4) is 5.88 Å². The third-order valence-electron chi connectivity index (χ3n) is 5.34. The Hall–Kier alpha value is -3.37. The van der Waals surface area contributed by atoms with Gasteiger partial charge in [0.25, 0.3) is 0 Å². The molecule has 0 spiro atoms. The fourth-order valence-corrected chi connectivity index (χ4v) is 3.76. The summed E-state index contributed by atoms with van der Waals surface area (Å²) in [4.78, 5) is 26.9. The Morgan fingerprint density at radius 1 is 1.15 bits per heavy atom. The van der Waals surface area contributed by atoms with E-state index in [1.165, 1.54) is 4.80 Å². The molecule has 11 heteroatoms. The van der Waals surface area contributed by atoms with Crippen LogP contribution in [-0.4, -0.2) is 79.2 Å². The normalized spacial score (nSPS) is 14.7. The van der Waals surface area contributed by atoms with Crippen LogP contribution in [0.3, 0.4) is 0 Å². The molecule has 4 rings (SSSR count). The van der Waals surface area contributed by atoms with Crippen molar-refractivity contribution in [3.05, 3.63) is 64.3 Å². The number of hydrogen-bond donors (Lipinski definition) is 0. The van der Waals surface area contributed by atoms with E-state index < -0.39 is 0 Å². The summed E-state index contributed by atoms with van der Waals surface area (Å²) in [5, 5.41) is 12.7. The summed E-state index contributed by atoms with van der Waals surface area (Å²) < 4.78 is 5.04. The Kier molecular flexibility index (Phi) is 7.26. The molecule has 1 aromatic carbocycles. The third-order valence-corrected chi connectivity index (χ3v) is 5.57. The monoisotopic (exact) mass is 468 g/mol. The van der Waals surface area contributed by atoms with Crippen molar-refractivity contribution in [2.45, 2.75) is 20.0 Å². The number of aryl methyl sites for hydroxylation is 1. The quantitative estimate of drug-likeness (QED) is 0.484. The Bertz CT molecular complexity index is 1120. The summed E-state index contributed by atoms with van der Waals surface area (Å²) in [5.74, 6) is 1.08. The van der Waals surface area contributed by atoms with Gasteiger partial charge in [0.2, 0.25) is 11.8 Å². The molecule has 0 aliphatic carbocycles. The molecule has 3 aromatic rings. The second-order valence-electron chi connectivity index (χ2n) is 7.70. The van der Waals surface area contributed by atoms with E-state index in [4.69, 9.17) is 16.3 Å². The number of halogens is 1. The predicted octanol–water partition coefficient (Wildman–Crippen LogP) is 1.84. The van der Waals surface area contributed by atoms with Crippen molar-refractivity contribution in [1.82, 2.24) is 40.0 Å². The summed E-state index contributed by atoms with van der Waals surface area (Å²) in [5.41, 5.74) is 2.68. The molecule has 1 fully saturated rings. The number of amides is 1. The number of hydrogen-bond acceptors (Lipinski definition) is 8. The topological polar surface area (TPSA) is 102 Å². The van der Waals surface area contributed by atoms with Crippen LogP contribution in [0.2, 0.25) is 5.02 Å². The van der Waals surface area contributed by atoms with Gasteiger partial charge in [-0.3, -0.25) is 14.7 Å². The van der Waals surface area contributed by atoms with Gasteiger partial charge in [0.15, 0.2) is 5.82 Å². The minimum absolute atomic E-state index is 0.0190. The molecule has 0 bridgehead atoms. The fourth-order valence-electron chi connectivity index (χ4n) is 3.57. The molecule has 0 saturated carbocycles. The lowest BCUT2D eigenvalue weighted by Gasteiger charge is -2.33. The lowest BCUT2D eigenvalue weighted by Crippen LogP contribution is -2.47. The number of ether oxygens (including phenoxy) is 1. The van der Waals surface area contributed by atoms with Crippen LogP contribution in [0.4, 0.5) is 0 Å². The Morgan fingerprint density at radius 3 is 2.64 bits per heavy atom. The average molecular weight is 469 g/mol. The molecule has 33 heavy (non-hydrogen) atoms. The molecule has 2 aromatic heterocycles. The van der Waals surface area contributed by atoms with Crippen LogP contribution in [0.25, 0.3) is 6.08 Å². The summed E-state index contributed by atoms with van der Waals surface area (Å²) >= 11 is 6.18. The summed E-state index contributed by atoms with van der Waals surface area (Å²) in [6, 6.07) is 5.54. The summed E-state index contributed by atoms with van der Waals surface area (Å²) in [7, 11) is 1.57. The second kappa shape index (κ2) is 10.5. The summed E-state index contributed by atoms with van der Waals surface area (Å²) in [6.07, 6.45) is 6.76. The van der Waals surface area contributed by atoms with Crippen LogP contribution in [-0.2, 0) is 17.9 Å². The molecule has 0 N–H and O–H groups in total. The van der Waals surface area contributed by atoms with Gasteiger partial charge in [-0.15, -0.1) is 10.2 Å². The zero-order chi connectivity index (χ0) is 23.2. The van der Waals surface area contributed by atoms with Gasteiger partial charge >= 0.3 is 0 Å². The van der Waals surface area contributed by atoms with Gasteiger partial charge in [-0.1, -0.05) is 17.7 Å². The first kappa shape index (κ1) is 22.8. The number of piperazine rings is 1. The maximum absolute atomic E-state index is 12.8. The highest BCUT2D eigenvalue weighted by Gasteiger charge is 2.20. The van der Waals surface area contributed by atoms with E-state index in [1.807, 2.05) is 23.1 Å². The molecule has 0 atom stereocenters. The first-order valence-corrected chi connectivity index (χ1v) is 10.9. The molecule has 1 amide bonds. The van der Waals surface area contributed by atoms with Crippen LogP contribution >= 0.6 is 11.6 Å². The fraction of sp³-hybridized carbons (Fsp3) is 0.364. The number of nitrogens with zero attached hydrogens (tertiary/aromatic N) is 8. The lowest BCUT2D eigenvalue weighted by atomic mass is 10.1. The van der Waals surface area contributed by atoms with Gasteiger partial charge < -0.3 is 9.64 Å². The molecular formula is C22H25ClN8O2. The minimum Gasteiger partial charge on any atom is -0.480 e. The van der Waals surface area contributed by atoms with Gasteiger partial charge in [0, 0.05) is 43.8 Å².